The molecule has 5 heteroatoms. The molecule has 53 heavy (non-hydrogen) atoms. The maximum atomic E-state index is 6.85. The maximum absolute atomic E-state index is 6.85. The van der Waals surface area contributed by atoms with Gasteiger partial charge in [-0.05, 0) is 52.9 Å². The van der Waals surface area contributed by atoms with E-state index in [-0.39, 0.29) is 0 Å². The molecule has 0 spiro atoms. The van der Waals surface area contributed by atoms with Gasteiger partial charge < -0.3 is 4.42 Å². The van der Waals surface area contributed by atoms with E-state index in [1.165, 1.54) is 30.9 Å². The minimum Gasteiger partial charge on any atom is -0.455 e. The van der Waals surface area contributed by atoms with Crippen LogP contribution in [0.3, 0.4) is 0 Å². The average Bonchev–Trinajstić information content (AvgIpc) is 3.90. The summed E-state index contributed by atoms with van der Waals surface area (Å²) in [7, 11) is 0. The summed E-state index contributed by atoms with van der Waals surface area (Å²) < 4.78 is 11.6. The summed E-state index contributed by atoms with van der Waals surface area (Å²) in [5, 5.41) is 10.3. The first-order valence-corrected chi connectivity index (χ1v) is 18.6. The minimum absolute atomic E-state index is 0.645. The Morgan fingerprint density at radius 3 is 2.13 bits per heavy atom. The van der Waals surface area contributed by atoms with Crippen LogP contribution in [0.25, 0.3) is 114 Å². The van der Waals surface area contributed by atoms with Crippen molar-refractivity contribution in [3.63, 3.8) is 0 Å². The van der Waals surface area contributed by atoms with Crippen LogP contribution >= 0.6 is 11.3 Å². The van der Waals surface area contributed by atoms with E-state index in [0.29, 0.717) is 5.95 Å². The second-order valence-corrected chi connectivity index (χ2v) is 14.8. The number of para-hydroxylation sites is 2. The van der Waals surface area contributed by atoms with Crippen LogP contribution < -0.4 is 0 Å². The van der Waals surface area contributed by atoms with E-state index < -0.39 is 0 Å². The Morgan fingerprint density at radius 1 is 0.509 bits per heavy atom. The third-order valence-electron chi connectivity index (χ3n) is 10.8. The number of hydrogen-bond donors (Lipinski definition) is 0. The lowest BCUT2D eigenvalue weighted by Crippen LogP contribution is -2.03. The fraction of sp³-hybridized carbons (Fsp3) is 0. The van der Waals surface area contributed by atoms with Gasteiger partial charge in [0, 0.05) is 53.4 Å². The zero-order chi connectivity index (χ0) is 34.6. The van der Waals surface area contributed by atoms with Crippen LogP contribution in [0.4, 0.5) is 0 Å². The van der Waals surface area contributed by atoms with Gasteiger partial charge in [0.2, 0.25) is 5.95 Å². The largest absolute Gasteiger partial charge is 0.455 e. The molecule has 0 radical (unpaired) electrons. The highest BCUT2D eigenvalue weighted by Gasteiger charge is 2.23. The lowest BCUT2D eigenvalue weighted by atomic mass is 9.95. The number of benzene rings is 8. The predicted octanol–water partition coefficient (Wildman–Crippen LogP) is 13.5. The van der Waals surface area contributed by atoms with E-state index in [0.717, 1.165) is 77.0 Å². The molecule has 0 N–H and O–H groups in total. The standard InChI is InChI=1S/C48H27N3OS/c1-2-12-28(13-3-1)30-26-38(43-37-23-22-29-14-4-5-15-31(29)46(37)52-41(43)27-30)44-36-18-6-9-19-39(36)49-48(50-44)51-40-20-10-7-16-32(40)34-24-25-35-33-17-8-11-21-42(33)53-47(35)45(34)51/h1-27H. The van der Waals surface area contributed by atoms with E-state index in [1.54, 1.807) is 0 Å². The van der Waals surface area contributed by atoms with Crippen molar-refractivity contribution in [2.24, 2.45) is 0 Å². The number of hydrogen-bond acceptors (Lipinski definition) is 4. The van der Waals surface area contributed by atoms with Crippen LogP contribution in [0.15, 0.2) is 168 Å². The molecule has 0 unspecified atom stereocenters. The van der Waals surface area contributed by atoms with Crippen LogP contribution in [-0.4, -0.2) is 14.5 Å². The Bertz CT molecular complexity index is 3460. The lowest BCUT2D eigenvalue weighted by Gasteiger charge is -2.14. The molecule has 0 bridgehead atoms. The fourth-order valence-corrected chi connectivity index (χ4v) is 9.67. The van der Waals surface area contributed by atoms with Crippen molar-refractivity contribution in [3.8, 4) is 28.3 Å². The van der Waals surface area contributed by atoms with Crippen LogP contribution in [-0.2, 0) is 0 Å². The SMILES string of the molecule is c1ccc(-c2cc(-c3nc(-n4c5ccccc5c5ccc6c7ccccc7sc6c54)nc4ccccc34)c3c(c2)oc2c4ccccc4ccc23)cc1. The number of furan rings is 1. The summed E-state index contributed by atoms with van der Waals surface area (Å²) in [6.07, 6.45) is 0. The van der Waals surface area contributed by atoms with Crippen LogP contribution in [0.2, 0.25) is 0 Å². The van der Waals surface area contributed by atoms with Gasteiger partial charge in [-0.1, -0.05) is 127 Å². The molecule has 12 rings (SSSR count). The first-order chi connectivity index (χ1) is 26.3. The summed E-state index contributed by atoms with van der Waals surface area (Å²) in [5.41, 5.74) is 8.91. The first-order valence-electron chi connectivity index (χ1n) is 17.8. The third-order valence-corrected chi connectivity index (χ3v) is 12.0. The Kier molecular flexibility index (Phi) is 5.90. The quantitative estimate of drug-likeness (QED) is 0.185. The Labute approximate surface area is 306 Å². The molecule has 0 atom stereocenters. The number of fused-ring (bicyclic) bond motifs is 13. The molecule has 4 aromatic heterocycles. The first kappa shape index (κ1) is 28.8. The molecule has 4 nitrogen and oxygen atoms in total. The van der Waals surface area contributed by atoms with Crippen molar-refractivity contribution in [3.05, 3.63) is 164 Å². The second-order valence-electron chi connectivity index (χ2n) is 13.7. The van der Waals surface area contributed by atoms with Crippen molar-refractivity contribution in [2.45, 2.75) is 0 Å². The molecule has 8 aromatic carbocycles. The van der Waals surface area contributed by atoms with Crippen LogP contribution in [0.1, 0.15) is 0 Å². The van der Waals surface area contributed by atoms with Gasteiger partial charge in [-0.15, -0.1) is 11.3 Å². The summed E-state index contributed by atoms with van der Waals surface area (Å²) in [4.78, 5) is 11.0. The molecule has 0 amide bonds. The van der Waals surface area contributed by atoms with Crippen LogP contribution in [0, 0.1) is 0 Å². The topological polar surface area (TPSA) is 43.9 Å². The summed E-state index contributed by atoms with van der Waals surface area (Å²) >= 11 is 1.84. The number of aromatic nitrogens is 3. The highest BCUT2D eigenvalue weighted by atomic mass is 32.1. The number of nitrogens with zero attached hydrogens (tertiary/aromatic N) is 3. The Balaban J connectivity index is 1.24. The monoisotopic (exact) mass is 693 g/mol. The van der Waals surface area contributed by atoms with Crippen LogP contribution in [0.5, 0.6) is 0 Å². The molecule has 0 aliphatic heterocycles. The zero-order valence-electron chi connectivity index (χ0n) is 28.2. The molecule has 0 aliphatic rings. The summed E-state index contributed by atoms with van der Waals surface area (Å²) in [6, 6.07) is 58.1. The van der Waals surface area contributed by atoms with Gasteiger partial charge in [-0.25, -0.2) is 9.97 Å². The van der Waals surface area contributed by atoms with Gasteiger partial charge in [0.25, 0.3) is 0 Å². The molecular weight excluding hydrogens is 667 g/mol. The van der Waals surface area contributed by atoms with Gasteiger partial charge in [-0.3, -0.25) is 4.57 Å². The number of rotatable bonds is 3. The highest BCUT2D eigenvalue weighted by molar-refractivity contribution is 7.26. The normalized spacial score (nSPS) is 12.2. The molecule has 246 valence electrons. The molecule has 4 heterocycles. The average molecular weight is 694 g/mol. The smallest absolute Gasteiger partial charge is 0.235 e. The van der Waals surface area contributed by atoms with E-state index >= 15 is 0 Å². The van der Waals surface area contributed by atoms with Gasteiger partial charge in [0.15, 0.2) is 0 Å². The summed E-state index contributed by atoms with van der Waals surface area (Å²) in [6.45, 7) is 0. The van der Waals surface area contributed by atoms with Gasteiger partial charge in [-0.2, -0.15) is 0 Å². The molecule has 0 fully saturated rings. The van der Waals surface area contributed by atoms with Crippen molar-refractivity contribution < 1.29 is 4.42 Å². The zero-order valence-corrected chi connectivity index (χ0v) is 29.1. The van der Waals surface area contributed by atoms with E-state index in [9.17, 15) is 0 Å². The van der Waals surface area contributed by atoms with E-state index in [4.69, 9.17) is 14.4 Å². The van der Waals surface area contributed by atoms with Crippen molar-refractivity contribution in [2.75, 3.05) is 0 Å². The Hall–Kier alpha value is -6.82. The van der Waals surface area contributed by atoms with Crippen molar-refractivity contribution >= 4 is 96.9 Å². The summed E-state index contributed by atoms with van der Waals surface area (Å²) in [5.74, 6) is 0.645. The molecule has 0 saturated carbocycles. The molecule has 12 aromatic rings. The van der Waals surface area contributed by atoms with Crippen molar-refractivity contribution in [1.29, 1.82) is 0 Å². The minimum atomic E-state index is 0.645. The Morgan fingerprint density at radius 2 is 1.23 bits per heavy atom. The molecule has 0 saturated heterocycles. The van der Waals surface area contributed by atoms with Gasteiger partial charge in [0.05, 0.1) is 26.9 Å². The maximum Gasteiger partial charge on any atom is 0.235 e. The number of thiophene rings is 1. The van der Waals surface area contributed by atoms with Gasteiger partial charge >= 0.3 is 0 Å². The lowest BCUT2D eigenvalue weighted by molar-refractivity contribution is 0.673. The van der Waals surface area contributed by atoms with Gasteiger partial charge in [0.1, 0.15) is 11.2 Å². The van der Waals surface area contributed by atoms with E-state index in [2.05, 4.69) is 168 Å². The predicted molar refractivity (Wildman–Crippen MR) is 222 cm³/mol. The second kappa shape index (κ2) is 10.8. The third kappa shape index (κ3) is 4.11. The van der Waals surface area contributed by atoms with E-state index in [1.807, 2.05) is 11.3 Å². The molecular formula is C48H27N3OS. The molecule has 0 aliphatic carbocycles. The fourth-order valence-electron chi connectivity index (χ4n) is 8.43. The van der Waals surface area contributed by atoms with Crippen molar-refractivity contribution in [1.82, 2.24) is 14.5 Å². The highest BCUT2D eigenvalue weighted by Crippen LogP contribution is 2.45.